The van der Waals surface area contributed by atoms with Crippen molar-refractivity contribution in [3.05, 3.63) is 92.1 Å². The molecule has 0 saturated heterocycles. The van der Waals surface area contributed by atoms with Gasteiger partial charge in [-0.15, -0.1) is 0 Å². The minimum absolute atomic E-state index is 0.0244. The molecule has 4 aromatic rings. The van der Waals surface area contributed by atoms with Crippen LogP contribution in [0.15, 0.2) is 53.2 Å². The number of anilines is 1. The maximum atomic E-state index is 13.8. The molecule has 0 saturated carbocycles. The maximum Gasteiger partial charge on any atom is 0.279 e. The van der Waals surface area contributed by atoms with Crippen molar-refractivity contribution in [2.75, 3.05) is 5.32 Å². The van der Waals surface area contributed by atoms with Gasteiger partial charge < -0.3 is 14.6 Å². The minimum Gasteiger partial charge on any atom is -0.486 e. The fourth-order valence-electron chi connectivity index (χ4n) is 3.03. The van der Waals surface area contributed by atoms with Crippen molar-refractivity contribution in [2.24, 2.45) is 0 Å². The molecule has 2 aromatic heterocycles. The number of hydrogen-bond acceptors (Lipinski definition) is 5. The Bertz CT molecular complexity index is 1300. The van der Waals surface area contributed by atoms with Gasteiger partial charge in [-0.3, -0.25) is 9.48 Å². The Hall–Kier alpha value is -3.07. The smallest absolute Gasteiger partial charge is 0.279 e. The third-order valence-corrected chi connectivity index (χ3v) is 5.72. The second-order valence-corrected chi connectivity index (χ2v) is 8.18. The van der Waals surface area contributed by atoms with E-state index in [0.29, 0.717) is 26.9 Å². The van der Waals surface area contributed by atoms with Gasteiger partial charge in [-0.05, 0) is 31.2 Å². The summed E-state index contributed by atoms with van der Waals surface area (Å²) in [4.78, 5) is 12.8. The molecule has 33 heavy (non-hydrogen) atoms. The molecule has 0 atom stereocenters. The average molecular weight is 510 g/mol. The van der Waals surface area contributed by atoms with Crippen LogP contribution in [0, 0.1) is 12.7 Å². The molecular weight excluding hydrogens is 494 g/mol. The topological polar surface area (TPSA) is 82.2 Å². The number of benzene rings is 2. The molecule has 1 amide bonds. The molecule has 2 heterocycles. The number of nitrogens with zero attached hydrogens (tertiary/aromatic N) is 3. The Kier molecular flexibility index (Phi) is 6.88. The quantitative estimate of drug-likeness (QED) is 0.323. The van der Waals surface area contributed by atoms with Crippen LogP contribution in [0.25, 0.3) is 0 Å². The van der Waals surface area contributed by atoms with Gasteiger partial charge in [-0.2, -0.15) is 5.10 Å². The highest BCUT2D eigenvalue weighted by molar-refractivity contribution is 6.36. The van der Waals surface area contributed by atoms with Gasteiger partial charge >= 0.3 is 0 Å². The second kappa shape index (κ2) is 9.82. The van der Waals surface area contributed by atoms with E-state index in [-0.39, 0.29) is 35.4 Å². The number of carbonyl (C=O) groups excluding carboxylic acids is 1. The Balaban J connectivity index is 1.50. The summed E-state index contributed by atoms with van der Waals surface area (Å²) in [7, 11) is 0. The van der Waals surface area contributed by atoms with Crippen molar-refractivity contribution >= 4 is 46.5 Å². The molecule has 170 valence electrons. The van der Waals surface area contributed by atoms with E-state index in [9.17, 15) is 9.18 Å². The van der Waals surface area contributed by atoms with Crippen LogP contribution in [0.5, 0.6) is 5.75 Å². The first kappa shape index (κ1) is 23.1. The number of rotatable bonds is 7. The zero-order valence-corrected chi connectivity index (χ0v) is 19.4. The van der Waals surface area contributed by atoms with Crippen molar-refractivity contribution in [2.45, 2.75) is 20.1 Å². The van der Waals surface area contributed by atoms with Crippen LogP contribution in [-0.4, -0.2) is 20.8 Å². The van der Waals surface area contributed by atoms with E-state index < -0.39 is 11.7 Å². The van der Waals surface area contributed by atoms with Gasteiger partial charge in [-0.1, -0.05) is 58.2 Å². The summed E-state index contributed by atoms with van der Waals surface area (Å²) in [5.41, 5.74) is 1.01. The summed E-state index contributed by atoms with van der Waals surface area (Å²) in [6.45, 7) is 1.75. The number of halogens is 4. The number of aryl methyl sites for hydroxylation is 1. The van der Waals surface area contributed by atoms with E-state index in [4.69, 9.17) is 44.1 Å². The molecule has 0 bridgehead atoms. The lowest BCUT2D eigenvalue weighted by atomic mass is 10.2. The monoisotopic (exact) mass is 508 g/mol. The molecule has 1 N–H and O–H groups in total. The van der Waals surface area contributed by atoms with E-state index in [1.807, 2.05) is 0 Å². The number of para-hydroxylation sites is 1. The first-order valence-electron chi connectivity index (χ1n) is 9.63. The van der Waals surface area contributed by atoms with E-state index in [1.165, 1.54) is 23.0 Å². The fraction of sp³-hybridized carbons (Fsp3) is 0.136. The van der Waals surface area contributed by atoms with E-state index in [0.717, 1.165) is 0 Å². The van der Waals surface area contributed by atoms with Gasteiger partial charge in [0.05, 0.1) is 12.1 Å². The lowest BCUT2D eigenvalue weighted by Crippen LogP contribution is -2.16. The zero-order valence-electron chi connectivity index (χ0n) is 17.1. The number of nitrogens with one attached hydrogen (secondary N) is 1. The molecule has 2 aromatic carbocycles. The van der Waals surface area contributed by atoms with Gasteiger partial charge in [0.25, 0.3) is 5.91 Å². The third kappa shape index (κ3) is 5.13. The number of amides is 1. The van der Waals surface area contributed by atoms with Gasteiger partial charge in [0.15, 0.2) is 23.1 Å². The lowest BCUT2D eigenvalue weighted by molar-refractivity contribution is 0.101. The van der Waals surface area contributed by atoms with Crippen molar-refractivity contribution in [1.82, 2.24) is 14.9 Å². The SMILES string of the molecule is Cc1onc(C(=O)Nc2nn(Cc3c(Cl)cccc3Cl)cc2Cl)c1COc1ccccc1F. The van der Waals surface area contributed by atoms with Crippen LogP contribution in [0.1, 0.15) is 27.4 Å². The predicted octanol–water partition coefficient (Wildman–Crippen LogP) is 6.16. The average Bonchev–Trinajstić information content (AvgIpc) is 3.32. The third-order valence-electron chi connectivity index (χ3n) is 4.74. The van der Waals surface area contributed by atoms with Gasteiger partial charge in [0.2, 0.25) is 0 Å². The molecule has 0 aliphatic heterocycles. The standard InChI is InChI=1S/C22H16Cl3FN4O3/c1-12-14(11-32-19-8-3-2-7-18(19)26)20(29-33-12)22(31)27-21-17(25)10-30(28-21)9-13-15(23)5-4-6-16(13)24/h2-8,10H,9,11H2,1H3,(H,27,28,31). The Labute approximate surface area is 203 Å². The van der Waals surface area contributed by atoms with Crippen molar-refractivity contribution < 1.29 is 18.4 Å². The highest BCUT2D eigenvalue weighted by Crippen LogP contribution is 2.27. The van der Waals surface area contributed by atoms with Crippen LogP contribution < -0.4 is 10.1 Å². The fourth-order valence-corrected chi connectivity index (χ4v) is 3.74. The summed E-state index contributed by atoms with van der Waals surface area (Å²) in [6.07, 6.45) is 1.53. The number of hydrogen-bond donors (Lipinski definition) is 1. The van der Waals surface area contributed by atoms with Crippen LogP contribution >= 0.6 is 34.8 Å². The van der Waals surface area contributed by atoms with Crippen LogP contribution in [-0.2, 0) is 13.2 Å². The van der Waals surface area contributed by atoms with Crippen LogP contribution in [0.3, 0.4) is 0 Å². The molecule has 4 rings (SSSR count). The predicted molar refractivity (Wildman–Crippen MR) is 123 cm³/mol. The van der Waals surface area contributed by atoms with Gasteiger partial charge in [-0.25, -0.2) is 4.39 Å². The van der Waals surface area contributed by atoms with Gasteiger partial charge in [0.1, 0.15) is 17.4 Å². The molecule has 0 aliphatic rings. The summed E-state index contributed by atoms with van der Waals surface area (Å²) in [5.74, 6) is -0.604. The first-order chi connectivity index (χ1) is 15.8. The van der Waals surface area contributed by atoms with E-state index in [2.05, 4.69) is 15.6 Å². The molecule has 7 nitrogen and oxygen atoms in total. The summed E-state index contributed by atoms with van der Waals surface area (Å²) >= 11 is 18.7. The maximum absolute atomic E-state index is 13.8. The molecule has 0 fully saturated rings. The normalized spacial score (nSPS) is 10.9. The molecular formula is C22H16Cl3FN4O3. The Morgan fingerprint density at radius 1 is 1.09 bits per heavy atom. The van der Waals surface area contributed by atoms with Crippen LogP contribution in [0.2, 0.25) is 15.1 Å². The minimum atomic E-state index is -0.609. The number of ether oxygens (including phenoxy) is 1. The van der Waals surface area contributed by atoms with Crippen molar-refractivity contribution in [3.63, 3.8) is 0 Å². The first-order valence-corrected chi connectivity index (χ1v) is 10.8. The zero-order chi connectivity index (χ0) is 23.5. The molecule has 11 heteroatoms. The van der Waals surface area contributed by atoms with E-state index in [1.54, 1.807) is 37.3 Å². The Morgan fingerprint density at radius 2 is 1.82 bits per heavy atom. The van der Waals surface area contributed by atoms with E-state index >= 15 is 0 Å². The summed E-state index contributed by atoms with van der Waals surface area (Å²) in [5, 5.41) is 11.9. The summed E-state index contributed by atoms with van der Waals surface area (Å²) in [6, 6.07) is 11.1. The number of aromatic nitrogens is 3. The number of carbonyl (C=O) groups is 1. The molecule has 0 aliphatic carbocycles. The molecule has 0 spiro atoms. The van der Waals surface area contributed by atoms with Gasteiger partial charge in [0, 0.05) is 21.8 Å². The van der Waals surface area contributed by atoms with Crippen molar-refractivity contribution in [3.8, 4) is 5.75 Å². The highest BCUT2D eigenvalue weighted by atomic mass is 35.5. The molecule has 0 unspecified atom stereocenters. The molecule has 0 radical (unpaired) electrons. The lowest BCUT2D eigenvalue weighted by Gasteiger charge is -2.08. The van der Waals surface area contributed by atoms with Crippen LogP contribution in [0.4, 0.5) is 10.2 Å². The largest absolute Gasteiger partial charge is 0.486 e. The summed E-state index contributed by atoms with van der Waals surface area (Å²) < 4.78 is 26.0. The second-order valence-electron chi connectivity index (χ2n) is 6.96. The highest BCUT2D eigenvalue weighted by Gasteiger charge is 2.23. The van der Waals surface area contributed by atoms with Crippen molar-refractivity contribution in [1.29, 1.82) is 0 Å². The Morgan fingerprint density at radius 3 is 2.55 bits per heavy atom.